The zero-order valence-electron chi connectivity index (χ0n) is 15.8. The van der Waals surface area contributed by atoms with E-state index in [4.69, 9.17) is 0 Å². The average Bonchev–Trinajstić information content (AvgIpc) is 2.76. The largest absolute Gasteiger partial charge is 0.508 e. The van der Waals surface area contributed by atoms with Crippen LogP contribution in [0.15, 0.2) is 109 Å². The highest BCUT2D eigenvalue weighted by molar-refractivity contribution is 7.93. The summed E-state index contributed by atoms with van der Waals surface area (Å²) in [7, 11) is -3.95. The van der Waals surface area contributed by atoms with Gasteiger partial charge in [0.1, 0.15) is 21.0 Å². The van der Waals surface area contributed by atoms with Gasteiger partial charge in [-0.2, -0.15) is 0 Å². The van der Waals surface area contributed by atoms with E-state index < -0.39 is 19.3 Å². The Kier molecular flexibility index (Phi) is 4.71. The quantitative estimate of drug-likeness (QED) is 0.750. The summed E-state index contributed by atoms with van der Waals surface area (Å²) >= 11 is 0. The normalized spacial score (nSPS) is 26.6. The van der Waals surface area contributed by atoms with E-state index >= 15 is 0 Å². The summed E-state index contributed by atoms with van der Waals surface area (Å²) in [6.07, 6.45) is 9.42. The van der Waals surface area contributed by atoms with Gasteiger partial charge in [-0.25, -0.2) is 8.42 Å². The number of rotatable bonds is 4. The van der Waals surface area contributed by atoms with Gasteiger partial charge in [0.05, 0.1) is 0 Å². The van der Waals surface area contributed by atoms with Crippen molar-refractivity contribution in [1.82, 2.24) is 0 Å². The Morgan fingerprint density at radius 2 is 1.03 bits per heavy atom. The lowest BCUT2D eigenvalue weighted by Gasteiger charge is -2.42. The maximum Gasteiger partial charge on any atom is 0.177 e. The lowest BCUT2D eigenvalue weighted by Crippen LogP contribution is -2.47. The van der Waals surface area contributed by atoms with Gasteiger partial charge in [-0.15, -0.1) is 0 Å². The van der Waals surface area contributed by atoms with Gasteiger partial charge in [0, 0.05) is 0 Å². The Hall–Kier alpha value is -3.05. The van der Waals surface area contributed by atoms with Gasteiger partial charge in [-0.1, -0.05) is 72.8 Å². The van der Waals surface area contributed by atoms with E-state index in [1.807, 2.05) is 36.4 Å². The van der Waals surface area contributed by atoms with Crippen molar-refractivity contribution < 1.29 is 18.6 Å². The van der Waals surface area contributed by atoms with Crippen molar-refractivity contribution in [3.63, 3.8) is 0 Å². The van der Waals surface area contributed by atoms with Gasteiger partial charge in [0.25, 0.3) is 0 Å². The summed E-state index contributed by atoms with van der Waals surface area (Å²) in [5, 5.41) is 19.8. The van der Waals surface area contributed by atoms with Crippen molar-refractivity contribution in [2.75, 3.05) is 0 Å². The van der Waals surface area contributed by atoms with E-state index in [0.717, 1.165) is 0 Å². The van der Waals surface area contributed by atoms with Crippen molar-refractivity contribution in [1.29, 1.82) is 0 Å². The Morgan fingerprint density at radius 1 is 0.655 bits per heavy atom. The second-order valence-electron chi connectivity index (χ2n) is 7.35. The molecule has 2 aromatic rings. The molecular formula is C24H22O4S. The molecule has 4 rings (SSSR count). The van der Waals surface area contributed by atoms with Gasteiger partial charge in [-0.3, -0.25) is 0 Å². The van der Waals surface area contributed by atoms with Gasteiger partial charge in [0.2, 0.25) is 0 Å². The molecule has 2 atom stereocenters. The Morgan fingerprint density at radius 3 is 1.34 bits per heavy atom. The van der Waals surface area contributed by atoms with Crippen molar-refractivity contribution >= 4 is 9.84 Å². The summed E-state index contributed by atoms with van der Waals surface area (Å²) in [4.78, 5) is 0. The molecule has 0 saturated heterocycles. The number of allylic oxidation sites excluding steroid dienone is 4. The molecule has 0 radical (unpaired) electrons. The van der Waals surface area contributed by atoms with Crippen LogP contribution in [0.1, 0.15) is 24.0 Å². The number of benzene rings is 2. The molecule has 2 N–H and O–H groups in total. The van der Waals surface area contributed by atoms with Gasteiger partial charge < -0.3 is 10.2 Å². The molecule has 29 heavy (non-hydrogen) atoms. The zero-order chi connectivity index (χ0) is 20.5. The zero-order valence-corrected chi connectivity index (χ0v) is 16.6. The van der Waals surface area contributed by atoms with Crippen molar-refractivity contribution in [3.05, 3.63) is 120 Å². The van der Waals surface area contributed by atoms with Crippen LogP contribution < -0.4 is 0 Å². The number of sulfone groups is 1. The number of aliphatic hydroxyl groups excluding tert-OH is 2. The fraction of sp³-hybridized carbons (Fsp3) is 0.167. The molecule has 2 aromatic carbocycles. The van der Waals surface area contributed by atoms with Gasteiger partial charge >= 0.3 is 0 Å². The van der Waals surface area contributed by atoms with Crippen LogP contribution in [0.3, 0.4) is 0 Å². The first-order valence-corrected chi connectivity index (χ1v) is 10.9. The van der Waals surface area contributed by atoms with E-state index in [9.17, 15) is 18.6 Å². The molecule has 0 spiro atoms. The second-order valence-corrected chi connectivity index (χ2v) is 9.81. The summed E-state index contributed by atoms with van der Waals surface area (Å²) < 4.78 is 26.3. The molecule has 2 unspecified atom stereocenters. The van der Waals surface area contributed by atoms with E-state index in [-0.39, 0.29) is 24.4 Å². The van der Waals surface area contributed by atoms with Crippen LogP contribution in [0.4, 0.5) is 0 Å². The highest BCUT2D eigenvalue weighted by Gasteiger charge is 2.55. The molecule has 2 aliphatic rings. The van der Waals surface area contributed by atoms with E-state index in [1.165, 1.54) is 12.2 Å². The molecule has 0 amide bonds. The Bertz CT molecular complexity index is 1040. The number of hydrogen-bond donors (Lipinski definition) is 2. The van der Waals surface area contributed by atoms with Gasteiger partial charge in [-0.05, 0) is 48.3 Å². The molecule has 5 heteroatoms. The maximum atomic E-state index is 14.5. The van der Waals surface area contributed by atoms with Crippen molar-refractivity contribution in [3.8, 4) is 0 Å². The molecule has 0 heterocycles. The first-order valence-electron chi connectivity index (χ1n) is 9.43. The summed E-state index contributed by atoms with van der Waals surface area (Å²) in [6.45, 7) is 0. The van der Waals surface area contributed by atoms with Crippen molar-refractivity contribution in [2.45, 2.75) is 22.3 Å². The SMILES string of the molecule is O=S(=O)(C1(c2ccccc2)C=CC(O)=CC1)C1(c2ccccc2)C=CC(O)=CC1. The fourth-order valence-electron chi connectivity index (χ4n) is 4.13. The third kappa shape index (κ3) is 2.93. The number of aliphatic hydroxyl groups is 2. The molecule has 0 bridgehead atoms. The minimum atomic E-state index is -3.95. The van der Waals surface area contributed by atoms with E-state index in [2.05, 4.69) is 0 Å². The van der Waals surface area contributed by atoms with Crippen LogP contribution in [0.5, 0.6) is 0 Å². The lowest BCUT2D eigenvalue weighted by atomic mass is 9.89. The summed E-state index contributed by atoms with van der Waals surface area (Å²) in [6, 6.07) is 18.2. The van der Waals surface area contributed by atoms with Crippen LogP contribution in [0.2, 0.25) is 0 Å². The van der Waals surface area contributed by atoms with Gasteiger partial charge in [0.15, 0.2) is 9.84 Å². The molecular weight excluding hydrogens is 384 g/mol. The monoisotopic (exact) mass is 406 g/mol. The highest BCUT2D eigenvalue weighted by atomic mass is 32.2. The molecule has 0 fully saturated rings. The topological polar surface area (TPSA) is 74.6 Å². The second kappa shape index (κ2) is 7.08. The third-order valence-corrected chi connectivity index (χ3v) is 8.75. The van der Waals surface area contributed by atoms with Crippen LogP contribution in [0, 0.1) is 0 Å². The predicted molar refractivity (Wildman–Crippen MR) is 114 cm³/mol. The van der Waals surface area contributed by atoms with Crippen LogP contribution >= 0.6 is 0 Å². The standard InChI is InChI=1S/C24H22O4S/c25-21-11-15-23(16-12-21,19-7-3-1-4-8-19)29(27,28)24(17-13-22(26)14-18-24)20-9-5-2-6-10-20/h1-15,17,25-26H,16,18H2. The molecule has 0 aliphatic heterocycles. The lowest BCUT2D eigenvalue weighted by molar-refractivity contribution is 0.418. The minimum Gasteiger partial charge on any atom is -0.508 e. The van der Waals surface area contributed by atoms with E-state index in [0.29, 0.717) is 11.1 Å². The Balaban J connectivity index is 1.99. The Labute approximate surface area is 170 Å². The smallest absolute Gasteiger partial charge is 0.177 e. The fourth-order valence-corrected chi connectivity index (χ4v) is 6.77. The predicted octanol–water partition coefficient (Wildman–Crippen LogP) is 5.00. The summed E-state index contributed by atoms with van der Waals surface area (Å²) in [5.74, 6) is 0.106. The maximum absolute atomic E-state index is 14.5. The first-order chi connectivity index (χ1) is 13.9. The molecule has 0 saturated carbocycles. The van der Waals surface area contributed by atoms with Crippen LogP contribution in [-0.4, -0.2) is 18.6 Å². The highest BCUT2D eigenvalue weighted by Crippen LogP contribution is 2.51. The first kappa shape index (κ1) is 19.3. The molecule has 148 valence electrons. The minimum absolute atomic E-state index is 0.0530. The number of hydrogen-bond acceptors (Lipinski definition) is 4. The molecule has 0 aromatic heterocycles. The van der Waals surface area contributed by atoms with E-state index in [1.54, 1.807) is 48.6 Å². The molecule has 4 nitrogen and oxygen atoms in total. The average molecular weight is 407 g/mol. The summed E-state index contributed by atoms with van der Waals surface area (Å²) in [5.41, 5.74) is 1.28. The van der Waals surface area contributed by atoms with Crippen LogP contribution in [0.25, 0.3) is 0 Å². The van der Waals surface area contributed by atoms with Crippen LogP contribution in [-0.2, 0) is 19.3 Å². The third-order valence-electron chi connectivity index (χ3n) is 5.76. The molecule has 2 aliphatic carbocycles. The van der Waals surface area contributed by atoms with Crippen molar-refractivity contribution in [2.24, 2.45) is 0 Å².